The molecule has 0 aromatic heterocycles. The molecular weight excluding hydrogens is 276 g/mol. The van der Waals surface area contributed by atoms with E-state index >= 15 is 0 Å². The van der Waals surface area contributed by atoms with Crippen LogP contribution in [0.4, 0.5) is 5.69 Å². The zero-order chi connectivity index (χ0) is 13.9. The van der Waals surface area contributed by atoms with Crippen molar-refractivity contribution in [1.29, 1.82) is 0 Å². The van der Waals surface area contributed by atoms with E-state index in [9.17, 15) is 0 Å². The van der Waals surface area contributed by atoms with Crippen molar-refractivity contribution in [2.75, 3.05) is 5.32 Å². The molecule has 1 saturated carbocycles. The summed E-state index contributed by atoms with van der Waals surface area (Å²) in [5.41, 5.74) is 1.00. The summed E-state index contributed by atoms with van der Waals surface area (Å²) in [4.78, 5) is 0. The third kappa shape index (κ3) is 3.40. The Morgan fingerprint density at radius 3 is 2.47 bits per heavy atom. The van der Waals surface area contributed by atoms with Crippen molar-refractivity contribution >= 4 is 34.6 Å². The SMILES string of the molecule is CC(C)C1(NC(=S)Nc2ccccc2Cl)CCCC1. The minimum absolute atomic E-state index is 0.144. The van der Waals surface area contributed by atoms with Gasteiger partial charge in [-0.25, -0.2) is 0 Å². The van der Waals surface area contributed by atoms with Crippen molar-refractivity contribution in [3.8, 4) is 0 Å². The molecule has 0 radical (unpaired) electrons. The highest BCUT2D eigenvalue weighted by Gasteiger charge is 2.37. The number of thiocarbonyl (C=S) groups is 1. The Hall–Kier alpha value is -0.800. The number of para-hydroxylation sites is 1. The van der Waals surface area contributed by atoms with Crippen molar-refractivity contribution in [2.45, 2.75) is 45.1 Å². The van der Waals surface area contributed by atoms with Crippen LogP contribution in [0.3, 0.4) is 0 Å². The van der Waals surface area contributed by atoms with Crippen LogP contribution in [0, 0.1) is 5.92 Å². The van der Waals surface area contributed by atoms with E-state index in [1.165, 1.54) is 25.7 Å². The molecule has 0 unspecified atom stereocenters. The molecule has 0 spiro atoms. The topological polar surface area (TPSA) is 24.1 Å². The Bertz CT molecular complexity index is 453. The third-order valence-electron chi connectivity index (χ3n) is 4.09. The summed E-state index contributed by atoms with van der Waals surface area (Å²) in [5, 5.41) is 8.10. The summed E-state index contributed by atoms with van der Waals surface area (Å²) in [6, 6.07) is 7.66. The highest BCUT2D eigenvalue weighted by Crippen LogP contribution is 2.36. The average Bonchev–Trinajstić information content (AvgIpc) is 2.82. The molecule has 1 aromatic rings. The van der Waals surface area contributed by atoms with Crippen LogP contribution >= 0.6 is 23.8 Å². The monoisotopic (exact) mass is 296 g/mol. The molecule has 4 heteroatoms. The van der Waals surface area contributed by atoms with E-state index < -0.39 is 0 Å². The number of hydrogen-bond acceptors (Lipinski definition) is 1. The normalized spacial score (nSPS) is 17.5. The van der Waals surface area contributed by atoms with Crippen LogP contribution in [0.2, 0.25) is 5.02 Å². The van der Waals surface area contributed by atoms with E-state index in [-0.39, 0.29) is 5.54 Å². The Morgan fingerprint density at radius 1 is 1.26 bits per heavy atom. The molecule has 0 saturated heterocycles. The predicted molar refractivity (Wildman–Crippen MR) is 86.8 cm³/mol. The second-order valence-corrected chi connectivity index (χ2v) is 6.39. The molecule has 0 aliphatic heterocycles. The quantitative estimate of drug-likeness (QED) is 0.798. The minimum Gasteiger partial charge on any atom is -0.357 e. The zero-order valence-electron chi connectivity index (χ0n) is 11.5. The molecular formula is C15H21ClN2S. The Balaban J connectivity index is 2.03. The highest BCUT2D eigenvalue weighted by molar-refractivity contribution is 7.80. The van der Waals surface area contributed by atoms with Crippen molar-refractivity contribution < 1.29 is 0 Å². The molecule has 0 atom stereocenters. The first-order valence-electron chi connectivity index (χ1n) is 6.87. The number of hydrogen-bond donors (Lipinski definition) is 2. The molecule has 1 fully saturated rings. The van der Waals surface area contributed by atoms with Gasteiger partial charge in [0.1, 0.15) is 0 Å². The number of halogens is 1. The van der Waals surface area contributed by atoms with Gasteiger partial charge in [0.15, 0.2) is 5.11 Å². The third-order valence-corrected chi connectivity index (χ3v) is 4.62. The fourth-order valence-corrected chi connectivity index (χ4v) is 3.29. The summed E-state index contributed by atoms with van der Waals surface area (Å²) in [5.74, 6) is 0.570. The zero-order valence-corrected chi connectivity index (χ0v) is 13.1. The summed E-state index contributed by atoms with van der Waals surface area (Å²) < 4.78 is 0. The van der Waals surface area contributed by atoms with E-state index in [1.54, 1.807) is 0 Å². The molecule has 0 bridgehead atoms. The lowest BCUT2D eigenvalue weighted by atomic mass is 9.85. The van der Waals surface area contributed by atoms with Crippen LogP contribution in [-0.2, 0) is 0 Å². The Labute approximate surface area is 125 Å². The lowest BCUT2D eigenvalue weighted by Gasteiger charge is -2.36. The van der Waals surface area contributed by atoms with Crippen LogP contribution in [0.25, 0.3) is 0 Å². The maximum atomic E-state index is 6.13. The van der Waals surface area contributed by atoms with Gasteiger partial charge in [-0.3, -0.25) is 0 Å². The van der Waals surface area contributed by atoms with Crippen molar-refractivity contribution in [2.24, 2.45) is 5.92 Å². The summed E-state index contributed by atoms with van der Waals surface area (Å²) in [6.07, 6.45) is 4.93. The Kier molecular flexibility index (Phi) is 4.69. The fraction of sp³-hybridized carbons (Fsp3) is 0.533. The molecule has 1 aromatic carbocycles. The minimum atomic E-state index is 0.144. The molecule has 2 rings (SSSR count). The Morgan fingerprint density at radius 2 is 1.89 bits per heavy atom. The summed E-state index contributed by atoms with van der Waals surface area (Å²) in [6.45, 7) is 4.52. The highest BCUT2D eigenvalue weighted by atomic mass is 35.5. The van der Waals surface area contributed by atoms with Gasteiger partial charge < -0.3 is 10.6 Å². The van der Waals surface area contributed by atoms with Crippen molar-refractivity contribution in [1.82, 2.24) is 5.32 Å². The lowest BCUT2D eigenvalue weighted by Crippen LogP contribution is -2.51. The van der Waals surface area contributed by atoms with Gasteiger partial charge in [-0.1, -0.05) is 50.4 Å². The van der Waals surface area contributed by atoms with E-state index in [0.29, 0.717) is 16.1 Å². The second kappa shape index (κ2) is 6.10. The van der Waals surface area contributed by atoms with Gasteiger partial charge in [-0.05, 0) is 43.1 Å². The molecule has 104 valence electrons. The van der Waals surface area contributed by atoms with E-state index in [0.717, 1.165) is 5.69 Å². The molecule has 19 heavy (non-hydrogen) atoms. The van der Waals surface area contributed by atoms with E-state index in [1.807, 2.05) is 24.3 Å². The van der Waals surface area contributed by atoms with Crippen LogP contribution < -0.4 is 10.6 Å². The molecule has 2 nitrogen and oxygen atoms in total. The number of rotatable bonds is 3. The van der Waals surface area contributed by atoms with Gasteiger partial charge >= 0.3 is 0 Å². The van der Waals surface area contributed by atoms with Gasteiger partial charge in [-0.15, -0.1) is 0 Å². The number of benzene rings is 1. The van der Waals surface area contributed by atoms with Gasteiger partial charge in [0.2, 0.25) is 0 Å². The van der Waals surface area contributed by atoms with Crippen LogP contribution in [0.5, 0.6) is 0 Å². The standard InChI is InChI=1S/C15H21ClN2S/c1-11(2)15(9-5-6-10-15)18-14(19)17-13-8-4-3-7-12(13)16/h3-4,7-8,11H,5-6,9-10H2,1-2H3,(H2,17,18,19). The molecule has 1 aliphatic rings. The van der Waals surface area contributed by atoms with Crippen LogP contribution in [0.15, 0.2) is 24.3 Å². The van der Waals surface area contributed by atoms with Gasteiger partial charge in [0.25, 0.3) is 0 Å². The van der Waals surface area contributed by atoms with Gasteiger partial charge in [0.05, 0.1) is 10.7 Å². The van der Waals surface area contributed by atoms with E-state index in [2.05, 4.69) is 24.5 Å². The molecule has 0 amide bonds. The molecule has 1 aliphatic carbocycles. The number of nitrogens with one attached hydrogen (secondary N) is 2. The maximum Gasteiger partial charge on any atom is 0.171 e. The van der Waals surface area contributed by atoms with Gasteiger partial charge in [0, 0.05) is 5.54 Å². The fourth-order valence-electron chi connectivity index (χ4n) is 2.79. The molecule has 2 N–H and O–H groups in total. The first-order valence-corrected chi connectivity index (χ1v) is 7.66. The van der Waals surface area contributed by atoms with Gasteiger partial charge in [-0.2, -0.15) is 0 Å². The first-order chi connectivity index (χ1) is 9.03. The first kappa shape index (κ1) is 14.6. The summed E-state index contributed by atoms with van der Waals surface area (Å²) >= 11 is 11.6. The predicted octanol–water partition coefficient (Wildman–Crippen LogP) is 4.60. The van der Waals surface area contributed by atoms with Crippen molar-refractivity contribution in [3.63, 3.8) is 0 Å². The largest absolute Gasteiger partial charge is 0.357 e. The second-order valence-electron chi connectivity index (χ2n) is 5.58. The molecule has 0 heterocycles. The van der Waals surface area contributed by atoms with E-state index in [4.69, 9.17) is 23.8 Å². The maximum absolute atomic E-state index is 6.13. The smallest absolute Gasteiger partial charge is 0.171 e. The van der Waals surface area contributed by atoms with Crippen LogP contribution in [0.1, 0.15) is 39.5 Å². The van der Waals surface area contributed by atoms with Crippen molar-refractivity contribution in [3.05, 3.63) is 29.3 Å². The summed E-state index contributed by atoms with van der Waals surface area (Å²) in [7, 11) is 0. The lowest BCUT2D eigenvalue weighted by molar-refractivity contribution is 0.283. The van der Waals surface area contributed by atoms with Crippen LogP contribution in [-0.4, -0.2) is 10.7 Å². The average molecular weight is 297 g/mol. The number of anilines is 1.